The maximum absolute atomic E-state index is 12.9. The summed E-state index contributed by atoms with van der Waals surface area (Å²) in [7, 11) is 5.64. The quantitative estimate of drug-likeness (QED) is 0.691. The van der Waals surface area contributed by atoms with E-state index in [1.165, 1.54) is 0 Å². The minimum absolute atomic E-state index is 0.0497. The summed E-state index contributed by atoms with van der Waals surface area (Å²) in [4.78, 5) is 29.7. The van der Waals surface area contributed by atoms with Crippen molar-refractivity contribution in [2.24, 2.45) is 0 Å². The van der Waals surface area contributed by atoms with Gasteiger partial charge in [0, 0.05) is 43.8 Å². The summed E-state index contributed by atoms with van der Waals surface area (Å²) in [6, 6.07) is 7.40. The molecule has 0 N–H and O–H groups in total. The van der Waals surface area contributed by atoms with E-state index in [0.29, 0.717) is 5.56 Å². The van der Waals surface area contributed by atoms with Crippen LogP contribution in [0.4, 0.5) is 5.82 Å². The Morgan fingerprint density at radius 3 is 2.69 bits per heavy atom. The van der Waals surface area contributed by atoms with Gasteiger partial charge in [-0.05, 0) is 19.1 Å². The monoisotopic (exact) mass is 367 g/mol. The average Bonchev–Trinajstić information content (AvgIpc) is 3.21. The lowest BCUT2D eigenvalue weighted by Gasteiger charge is -2.23. The molecular formula is C19H21N5OS. The van der Waals surface area contributed by atoms with E-state index in [4.69, 9.17) is 0 Å². The van der Waals surface area contributed by atoms with Gasteiger partial charge in [-0.2, -0.15) is 0 Å². The van der Waals surface area contributed by atoms with Crippen molar-refractivity contribution in [3.8, 4) is 11.3 Å². The number of nitrogens with zero attached hydrogens (tertiary/aromatic N) is 5. The number of thiazole rings is 1. The SMILES string of the molecule is C[C@H](c1nccs1)N(C)C(=O)c1cccc(-c2cncc(N(C)C)n2)c1. The van der Waals surface area contributed by atoms with Crippen LogP contribution < -0.4 is 4.90 Å². The fourth-order valence-electron chi connectivity index (χ4n) is 2.51. The van der Waals surface area contributed by atoms with Gasteiger partial charge in [-0.1, -0.05) is 12.1 Å². The largest absolute Gasteiger partial charge is 0.361 e. The Hall–Kier alpha value is -2.80. The van der Waals surface area contributed by atoms with Crippen LogP contribution in [0.5, 0.6) is 0 Å². The molecule has 0 saturated heterocycles. The van der Waals surface area contributed by atoms with Crippen molar-refractivity contribution in [3.05, 3.63) is 58.8 Å². The first kappa shape index (κ1) is 18.0. The summed E-state index contributed by atoms with van der Waals surface area (Å²) in [6.45, 7) is 1.98. The van der Waals surface area contributed by atoms with Crippen molar-refractivity contribution in [1.29, 1.82) is 0 Å². The van der Waals surface area contributed by atoms with Gasteiger partial charge in [-0.15, -0.1) is 11.3 Å². The molecule has 0 aliphatic heterocycles. The summed E-state index contributed by atoms with van der Waals surface area (Å²) < 4.78 is 0. The first-order chi connectivity index (χ1) is 12.5. The van der Waals surface area contributed by atoms with Gasteiger partial charge in [0.15, 0.2) is 0 Å². The van der Waals surface area contributed by atoms with Gasteiger partial charge in [-0.25, -0.2) is 9.97 Å². The van der Waals surface area contributed by atoms with Gasteiger partial charge in [0.2, 0.25) is 0 Å². The van der Waals surface area contributed by atoms with E-state index in [2.05, 4.69) is 15.0 Å². The second kappa shape index (κ2) is 7.61. The van der Waals surface area contributed by atoms with E-state index < -0.39 is 0 Å². The van der Waals surface area contributed by atoms with Crippen LogP contribution in [0.25, 0.3) is 11.3 Å². The van der Waals surface area contributed by atoms with E-state index in [1.807, 2.05) is 55.6 Å². The molecule has 0 spiro atoms. The third-order valence-electron chi connectivity index (χ3n) is 4.20. The van der Waals surface area contributed by atoms with Gasteiger partial charge in [0.05, 0.1) is 24.1 Å². The minimum Gasteiger partial charge on any atom is -0.361 e. The van der Waals surface area contributed by atoms with Gasteiger partial charge >= 0.3 is 0 Å². The smallest absolute Gasteiger partial charge is 0.254 e. The third kappa shape index (κ3) is 3.72. The van der Waals surface area contributed by atoms with Gasteiger partial charge in [-0.3, -0.25) is 9.78 Å². The van der Waals surface area contributed by atoms with E-state index >= 15 is 0 Å². The number of benzene rings is 1. The van der Waals surface area contributed by atoms with Crippen LogP contribution in [0.1, 0.15) is 28.3 Å². The highest BCUT2D eigenvalue weighted by atomic mass is 32.1. The molecule has 26 heavy (non-hydrogen) atoms. The molecule has 1 atom stereocenters. The Balaban J connectivity index is 1.87. The fourth-order valence-corrected chi connectivity index (χ4v) is 3.25. The molecule has 3 aromatic rings. The maximum atomic E-state index is 12.9. The zero-order valence-electron chi connectivity index (χ0n) is 15.2. The van der Waals surface area contributed by atoms with Crippen LogP contribution in [0.15, 0.2) is 48.2 Å². The van der Waals surface area contributed by atoms with Crippen molar-refractivity contribution in [1.82, 2.24) is 19.9 Å². The van der Waals surface area contributed by atoms with E-state index in [1.54, 1.807) is 41.9 Å². The van der Waals surface area contributed by atoms with Crippen LogP contribution >= 0.6 is 11.3 Å². The van der Waals surface area contributed by atoms with Crippen LogP contribution in [-0.4, -0.2) is 46.9 Å². The highest BCUT2D eigenvalue weighted by molar-refractivity contribution is 7.09. The van der Waals surface area contributed by atoms with E-state index in [-0.39, 0.29) is 11.9 Å². The predicted octanol–water partition coefficient (Wildman–Crippen LogP) is 3.50. The standard InChI is InChI=1S/C19H21N5OS/c1-13(18-21-8-9-26-18)24(4)19(25)15-7-5-6-14(10-15)16-11-20-12-17(22-16)23(2)3/h5-13H,1-4H3/t13-/m1/s1. The average molecular weight is 367 g/mol. The van der Waals surface area contributed by atoms with Crippen molar-refractivity contribution in [3.63, 3.8) is 0 Å². The predicted molar refractivity (Wildman–Crippen MR) is 104 cm³/mol. The molecule has 1 amide bonds. The highest BCUT2D eigenvalue weighted by Crippen LogP contribution is 2.24. The number of hydrogen-bond donors (Lipinski definition) is 0. The maximum Gasteiger partial charge on any atom is 0.254 e. The van der Waals surface area contributed by atoms with Crippen LogP contribution in [0.3, 0.4) is 0 Å². The highest BCUT2D eigenvalue weighted by Gasteiger charge is 2.21. The molecule has 2 aromatic heterocycles. The molecule has 1 aromatic carbocycles. The topological polar surface area (TPSA) is 62.2 Å². The lowest BCUT2D eigenvalue weighted by molar-refractivity contribution is 0.0742. The number of amides is 1. The molecule has 0 bridgehead atoms. The van der Waals surface area contributed by atoms with Gasteiger partial charge in [0.25, 0.3) is 5.91 Å². The Kier molecular flexibility index (Phi) is 5.27. The Labute approximate surface area is 157 Å². The molecular weight excluding hydrogens is 346 g/mol. The summed E-state index contributed by atoms with van der Waals surface area (Å²) >= 11 is 1.55. The zero-order valence-corrected chi connectivity index (χ0v) is 16.1. The molecule has 6 nitrogen and oxygen atoms in total. The molecule has 3 rings (SSSR count). The van der Waals surface area contributed by atoms with Crippen molar-refractivity contribution < 1.29 is 4.79 Å². The Morgan fingerprint density at radius 1 is 1.19 bits per heavy atom. The number of hydrogen-bond acceptors (Lipinski definition) is 6. The molecule has 0 fully saturated rings. The molecule has 0 saturated carbocycles. The van der Waals surface area contributed by atoms with E-state index in [9.17, 15) is 4.79 Å². The summed E-state index contributed by atoms with van der Waals surface area (Å²) in [5.74, 6) is 0.722. The summed E-state index contributed by atoms with van der Waals surface area (Å²) in [6.07, 6.45) is 5.17. The number of rotatable bonds is 5. The number of carbonyl (C=O) groups excluding carboxylic acids is 1. The summed E-state index contributed by atoms with van der Waals surface area (Å²) in [5.41, 5.74) is 2.22. The molecule has 7 heteroatoms. The van der Waals surface area contributed by atoms with Crippen LogP contribution in [-0.2, 0) is 0 Å². The number of carbonyl (C=O) groups is 1. The Bertz CT molecular complexity index is 894. The van der Waals surface area contributed by atoms with Crippen LogP contribution in [0, 0.1) is 0 Å². The van der Waals surface area contributed by atoms with Crippen molar-refractivity contribution in [2.75, 3.05) is 26.0 Å². The van der Waals surface area contributed by atoms with Gasteiger partial charge < -0.3 is 9.80 Å². The lowest BCUT2D eigenvalue weighted by atomic mass is 10.1. The lowest BCUT2D eigenvalue weighted by Crippen LogP contribution is -2.29. The normalized spacial score (nSPS) is 11.8. The molecule has 0 unspecified atom stereocenters. The third-order valence-corrected chi connectivity index (χ3v) is 5.14. The van der Waals surface area contributed by atoms with Crippen LogP contribution in [0.2, 0.25) is 0 Å². The van der Waals surface area contributed by atoms with E-state index in [0.717, 1.165) is 22.1 Å². The molecule has 0 radical (unpaired) electrons. The molecule has 0 aliphatic rings. The summed E-state index contributed by atoms with van der Waals surface area (Å²) in [5, 5.41) is 2.84. The fraction of sp³-hybridized carbons (Fsp3) is 0.263. The second-order valence-corrected chi connectivity index (χ2v) is 7.13. The van der Waals surface area contributed by atoms with Gasteiger partial charge in [0.1, 0.15) is 10.8 Å². The molecule has 0 aliphatic carbocycles. The molecule has 134 valence electrons. The number of anilines is 1. The first-order valence-corrected chi connectivity index (χ1v) is 9.11. The Morgan fingerprint density at radius 2 is 2.00 bits per heavy atom. The molecule has 2 heterocycles. The first-order valence-electron chi connectivity index (χ1n) is 8.23. The zero-order chi connectivity index (χ0) is 18.7. The minimum atomic E-state index is -0.0805. The second-order valence-electron chi connectivity index (χ2n) is 6.20. The number of aromatic nitrogens is 3. The van der Waals surface area contributed by atoms with Crippen molar-refractivity contribution >= 4 is 23.1 Å². The van der Waals surface area contributed by atoms with Crippen molar-refractivity contribution in [2.45, 2.75) is 13.0 Å².